The van der Waals surface area contributed by atoms with Gasteiger partial charge >= 0.3 is 0 Å². The van der Waals surface area contributed by atoms with Gasteiger partial charge in [-0.2, -0.15) is 5.10 Å². The molecule has 4 rings (SSSR count). The Morgan fingerprint density at radius 2 is 2.14 bits per heavy atom. The van der Waals surface area contributed by atoms with Crippen molar-refractivity contribution >= 4 is 0 Å². The summed E-state index contributed by atoms with van der Waals surface area (Å²) in [5.41, 5.74) is 7.13. The van der Waals surface area contributed by atoms with Gasteiger partial charge in [0.05, 0.1) is 12.3 Å². The number of aromatic nitrogens is 3. The van der Waals surface area contributed by atoms with Crippen LogP contribution < -0.4 is 10.5 Å². The minimum atomic E-state index is -1.46. The minimum absolute atomic E-state index is 0.0630. The van der Waals surface area contributed by atoms with E-state index in [1.807, 2.05) is 25.1 Å². The first kappa shape index (κ1) is 19.2. The van der Waals surface area contributed by atoms with Gasteiger partial charge in [0.1, 0.15) is 34.8 Å². The summed E-state index contributed by atoms with van der Waals surface area (Å²) in [6.07, 6.45) is -1.16. The van der Waals surface area contributed by atoms with Gasteiger partial charge in [0, 0.05) is 17.5 Å². The zero-order chi connectivity index (χ0) is 20.8. The third-order valence-electron chi connectivity index (χ3n) is 4.82. The van der Waals surface area contributed by atoms with Gasteiger partial charge in [0.2, 0.25) is 0 Å². The fourth-order valence-corrected chi connectivity index (χ4v) is 3.14. The summed E-state index contributed by atoms with van der Waals surface area (Å²) in [6, 6.07) is 8.89. The number of aliphatic hydroxyl groups excluding tert-OH is 1. The molecule has 2 aromatic heterocycles. The molecule has 0 saturated carbocycles. The molecule has 3 atom stereocenters. The molecule has 0 radical (unpaired) electrons. The monoisotopic (exact) mass is 394 g/mol. The molecule has 1 aromatic carbocycles. The Kier molecular flexibility index (Phi) is 4.67. The average molecular weight is 394 g/mol. The largest absolute Gasteiger partial charge is 0.491 e. The lowest BCUT2D eigenvalue weighted by atomic mass is 10.0. The number of nitrogens with zero attached hydrogens (tertiary/aromatic N) is 3. The summed E-state index contributed by atoms with van der Waals surface area (Å²) in [6.45, 7) is 5.81. The number of rotatable bonds is 2. The van der Waals surface area contributed by atoms with E-state index in [4.69, 9.17) is 15.0 Å². The van der Waals surface area contributed by atoms with Crippen molar-refractivity contribution < 1.29 is 19.5 Å². The van der Waals surface area contributed by atoms with Crippen LogP contribution in [0, 0.1) is 18.8 Å². The van der Waals surface area contributed by atoms with Crippen molar-refractivity contribution in [2.24, 2.45) is 5.73 Å². The van der Waals surface area contributed by atoms with E-state index in [0.29, 0.717) is 40.8 Å². The summed E-state index contributed by atoms with van der Waals surface area (Å²) < 4.78 is 12.7. The molecule has 0 spiro atoms. The first-order valence-electron chi connectivity index (χ1n) is 9.24. The third kappa shape index (κ3) is 3.63. The van der Waals surface area contributed by atoms with Crippen LogP contribution in [0.3, 0.4) is 0 Å². The molecule has 8 nitrogen and oxygen atoms in total. The number of aliphatic hydroxyl groups is 2. The number of fused-ring (bicyclic) bond motifs is 3. The van der Waals surface area contributed by atoms with Gasteiger partial charge < -0.3 is 25.2 Å². The molecular formula is C21H22N4O4. The van der Waals surface area contributed by atoms with Crippen LogP contribution in [-0.2, 0) is 5.60 Å². The number of nitrogens with two attached hydrogens (primary N) is 1. The van der Waals surface area contributed by atoms with Crippen molar-refractivity contribution in [3.63, 3.8) is 0 Å². The molecule has 0 amide bonds. The van der Waals surface area contributed by atoms with E-state index in [1.165, 1.54) is 0 Å². The Bertz CT molecular complexity index is 1120. The van der Waals surface area contributed by atoms with Crippen LogP contribution in [0.1, 0.15) is 54.4 Å². The first-order valence-corrected chi connectivity index (χ1v) is 9.24. The highest BCUT2D eigenvalue weighted by Gasteiger charge is 2.26. The van der Waals surface area contributed by atoms with Gasteiger partial charge in [-0.3, -0.25) is 0 Å². The van der Waals surface area contributed by atoms with Crippen LogP contribution in [0.4, 0.5) is 0 Å². The SMILES string of the molecule is Cc1cc(C(C)(O)C#Cc2ccc3c(c2)-n2nc(C(N)O)cc2C(C)CO3)no1. The minimum Gasteiger partial charge on any atom is -0.491 e. The third-order valence-corrected chi connectivity index (χ3v) is 4.82. The molecule has 1 aliphatic heterocycles. The molecular weight excluding hydrogens is 372 g/mol. The summed E-state index contributed by atoms with van der Waals surface area (Å²) in [5, 5.41) is 28.6. The Hall–Kier alpha value is -3.12. The number of benzene rings is 1. The first-order chi connectivity index (χ1) is 13.7. The molecule has 29 heavy (non-hydrogen) atoms. The zero-order valence-corrected chi connectivity index (χ0v) is 16.4. The van der Waals surface area contributed by atoms with Crippen molar-refractivity contribution in [3.05, 3.63) is 58.7 Å². The standard InChI is InChI=1S/C21H22N4O4/c1-12-11-28-18-5-4-14(6-7-21(3,27)19-8-13(2)29-24-19)9-17(18)25-16(12)10-15(23-25)20(22)26/h4-5,8-10,12,20,26-27H,11,22H2,1-3H3. The van der Waals surface area contributed by atoms with Crippen molar-refractivity contribution in [2.75, 3.05) is 6.61 Å². The number of aryl methyl sites for hydroxylation is 1. The van der Waals surface area contributed by atoms with E-state index in [-0.39, 0.29) is 5.92 Å². The highest BCUT2D eigenvalue weighted by Crippen LogP contribution is 2.33. The van der Waals surface area contributed by atoms with Crippen LogP contribution in [0.5, 0.6) is 5.75 Å². The van der Waals surface area contributed by atoms with Crippen molar-refractivity contribution in [1.29, 1.82) is 0 Å². The summed E-state index contributed by atoms with van der Waals surface area (Å²) in [7, 11) is 0. The predicted molar refractivity (Wildman–Crippen MR) is 104 cm³/mol. The Morgan fingerprint density at radius 3 is 2.83 bits per heavy atom. The lowest BCUT2D eigenvalue weighted by Gasteiger charge is -2.12. The van der Waals surface area contributed by atoms with Crippen LogP contribution in [0.15, 0.2) is 34.9 Å². The van der Waals surface area contributed by atoms with E-state index in [9.17, 15) is 10.2 Å². The maximum absolute atomic E-state index is 10.6. The normalized spacial score (nSPS) is 18.3. The van der Waals surface area contributed by atoms with E-state index in [2.05, 4.69) is 22.1 Å². The van der Waals surface area contributed by atoms with Crippen molar-refractivity contribution in [3.8, 4) is 23.3 Å². The maximum atomic E-state index is 10.6. The number of hydrogen-bond donors (Lipinski definition) is 3. The van der Waals surface area contributed by atoms with Crippen molar-refractivity contribution in [1.82, 2.24) is 14.9 Å². The van der Waals surface area contributed by atoms with Gasteiger partial charge in [0.25, 0.3) is 0 Å². The van der Waals surface area contributed by atoms with Gasteiger partial charge in [-0.25, -0.2) is 4.68 Å². The quantitative estimate of drug-likeness (QED) is 0.448. The molecule has 0 aliphatic carbocycles. The van der Waals surface area contributed by atoms with Gasteiger partial charge in [-0.05, 0) is 38.1 Å². The molecule has 4 N–H and O–H groups in total. The average Bonchev–Trinajstić information content (AvgIpc) is 3.29. The molecule has 3 unspecified atom stereocenters. The van der Waals surface area contributed by atoms with E-state index >= 15 is 0 Å². The lowest BCUT2D eigenvalue weighted by molar-refractivity contribution is 0.112. The molecule has 3 aromatic rings. The molecule has 0 fully saturated rings. The van der Waals surface area contributed by atoms with Gasteiger partial charge in [0.15, 0.2) is 5.60 Å². The fraction of sp³-hybridized carbons (Fsp3) is 0.333. The van der Waals surface area contributed by atoms with Crippen LogP contribution in [0.2, 0.25) is 0 Å². The molecule has 150 valence electrons. The highest BCUT2D eigenvalue weighted by atomic mass is 16.5. The van der Waals surface area contributed by atoms with Gasteiger partial charge in [-0.1, -0.05) is 23.9 Å². The summed E-state index contributed by atoms with van der Waals surface area (Å²) in [5.74, 6) is 7.13. The topological polar surface area (TPSA) is 120 Å². The Balaban J connectivity index is 1.75. The van der Waals surface area contributed by atoms with E-state index in [0.717, 1.165) is 5.69 Å². The molecule has 3 heterocycles. The number of ether oxygens (including phenoxy) is 1. The van der Waals surface area contributed by atoms with E-state index < -0.39 is 11.8 Å². The Morgan fingerprint density at radius 1 is 1.34 bits per heavy atom. The maximum Gasteiger partial charge on any atom is 0.168 e. The lowest BCUT2D eigenvalue weighted by Crippen LogP contribution is -2.18. The summed E-state index contributed by atoms with van der Waals surface area (Å²) >= 11 is 0. The molecule has 1 aliphatic rings. The Labute approximate surface area is 167 Å². The van der Waals surface area contributed by atoms with Gasteiger partial charge in [-0.15, -0.1) is 0 Å². The highest BCUT2D eigenvalue weighted by molar-refractivity contribution is 5.55. The molecule has 0 saturated heterocycles. The fourth-order valence-electron chi connectivity index (χ4n) is 3.14. The van der Waals surface area contributed by atoms with Crippen molar-refractivity contribution in [2.45, 2.75) is 38.5 Å². The summed E-state index contributed by atoms with van der Waals surface area (Å²) in [4.78, 5) is 0. The molecule has 8 heteroatoms. The number of hydrogen-bond acceptors (Lipinski definition) is 7. The van der Waals surface area contributed by atoms with Crippen LogP contribution in [0.25, 0.3) is 5.69 Å². The predicted octanol–water partition coefficient (Wildman–Crippen LogP) is 1.87. The van der Waals surface area contributed by atoms with Crippen LogP contribution in [-0.4, -0.2) is 31.8 Å². The second-order valence-electron chi connectivity index (χ2n) is 7.39. The zero-order valence-electron chi connectivity index (χ0n) is 16.4. The molecule has 0 bridgehead atoms. The van der Waals surface area contributed by atoms with Crippen LogP contribution >= 0.6 is 0 Å². The second kappa shape index (κ2) is 7.04. The second-order valence-corrected chi connectivity index (χ2v) is 7.39. The smallest absolute Gasteiger partial charge is 0.168 e. The van der Waals surface area contributed by atoms with E-state index in [1.54, 1.807) is 30.7 Å².